The maximum Gasteiger partial charge on any atom is 0.131 e. The molecule has 7 heteroatoms. The third kappa shape index (κ3) is 3.62. The molecule has 0 aliphatic carbocycles. The number of ether oxygens (including phenoxy) is 1. The average molecular weight is 398 g/mol. The van der Waals surface area contributed by atoms with Crippen molar-refractivity contribution in [2.24, 2.45) is 10.7 Å². The van der Waals surface area contributed by atoms with Crippen molar-refractivity contribution in [2.75, 3.05) is 6.61 Å². The van der Waals surface area contributed by atoms with Crippen molar-refractivity contribution >= 4 is 39.8 Å². The monoisotopic (exact) mass is 397 g/mol. The topological polar surface area (TPSA) is 78.3 Å². The van der Waals surface area contributed by atoms with E-state index >= 15 is 0 Å². The van der Waals surface area contributed by atoms with E-state index in [0.29, 0.717) is 17.6 Å². The molecule has 0 saturated carbocycles. The van der Waals surface area contributed by atoms with Gasteiger partial charge in [0.25, 0.3) is 0 Å². The Morgan fingerprint density at radius 3 is 3.07 bits per heavy atom. The first kappa shape index (κ1) is 18.9. The summed E-state index contributed by atoms with van der Waals surface area (Å²) < 4.78 is 8.10. The molecular weight excluding hydrogens is 374 g/mol. The number of pyridine rings is 1. The lowest BCUT2D eigenvalue weighted by Gasteiger charge is -2.30. The molecule has 3 heterocycles. The van der Waals surface area contributed by atoms with Crippen LogP contribution in [0, 0.1) is 0 Å². The van der Waals surface area contributed by atoms with Crippen molar-refractivity contribution in [3.05, 3.63) is 47.0 Å². The molecule has 3 aromatic rings. The zero-order valence-corrected chi connectivity index (χ0v) is 16.9. The summed E-state index contributed by atoms with van der Waals surface area (Å²) in [6, 6.07) is 6.10. The van der Waals surface area contributed by atoms with Crippen molar-refractivity contribution in [1.29, 1.82) is 0 Å². The minimum Gasteiger partial charge on any atom is -0.404 e. The van der Waals surface area contributed by atoms with E-state index in [2.05, 4.69) is 21.5 Å². The maximum absolute atomic E-state index is 6.30. The second-order valence-corrected chi connectivity index (χ2v) is 7.73. The van der Waals surface area contributed by atoms with Crippen LogP contribution >= 0.6 is 11.6 Å². The summed E-state index contributed by atoms with van der Waals surface area (Å²) in [5.74, 6) is 0.921. The summed E-state index contributed by atoms with van der Waals surface area (Å²) in [5, 5.41) is 1.71. The van der Waals surface area contributed by atoms with E-state index in [1.54, 1.807) is 12.4 Å². The van der Waals surface area contributed by atoms with Crippen LogP contribution in [0.25, 0.3) is 21.9 Å². The Bertz CT molecular complexity index is 1070. The third-order valence-corrected chi connectivity index (χ3v) is 5.40. The third-order valence-electron chi connectivity index (χ3n) is 5.16. The minimum atomic E-state index is 0.214. The zero-order valence-electron chi connectivity index (χ0n) is 16.1. The minimum absolute atomic E-state index is 0.214. The van der Waals surface area contributed by atoms with Gasteiger partial charge in [-0.25, -0.2) is 4.98 Å². The van der Waals surface area contributed by atoms with Crippen molar-refractivity contribution in [1.82, 2.24) is 14.5 Å². The first-order valence-electron chi connectivity index (χ1n) is 9.52. The van der Waals surface area contributed by atoms with Gasteiger partial charge in [0.1, 0.15) is 11.3 Å². The highest BCUT2D eigenvalue weighted by atomic mass is 35.5. The highest BCUT2D eigenvalue weighted by Crippen LogP contribution is 2.34. The Kier molecular flexibility index (Phi) is 5.33. The summed E-state index contributed by atoms with van der Waals surface area (Å²) in [4.78, 5) is 14.0. The van der Waals surface area contributed by atoms with Crippen LogP contribution in [0.1, 0.15) is 38.6 Å². The van der Waals surface area contributed by atoms with Crippen molar-refractivity contribution in [2.45, 2.75) is 45.4 Å². The summed E-state index contributed by atoms with van der Waals surface area (Å²) in [7, 11) is 0. The Morgan fingerprint density at radius 2 is 2.29 bits per heavy atom. The van der Waals surface area contributed by atoms with E-state index in [1.165, 1.54) is 0 Å². The number of allylic oxidation sites excluding steroid dienone is 1. The van der Waals surface area contributed by atoms with Crippen LogP contribution in [0.5, 0.6) is 0 Å². The lowest BCUT2D eigenvalue weighted by molar-refractivity contribution is 0.00627. The number of nitrogens with zero attached hydrogens (tertiary/aromatic N) is 4. The number of halogens is 1. The van der Waals surface area contributed by atoms with Crippen LogP contribution in [-0.4, -0.2) is 33.5 Å². The molecule has 2 aromatic heterocycles. The van der Waals surface area contributed by atoms with Crippen molar-refractivity contribution < 1.29 is 4.74 Å². The number of aromatic nitrogens is 3. The van der Waals surface area contributed by atoms with Gasteiger partial charge in [-0.2, -0.15) is 0 Å². The van der Waals surface area contributed by atoms with Crippen LogP contribution in [0.2, 0.25) is 5.02 Å². The van der Waals surface area contributed by atoms with Crippen LogP contribution < -0.4 is 5.73 Å². The van der Waals surface area contributed by atoms with Gasteiger partial charge >= 0.3 is 0 Å². The largest absolute Gasteiger partial charge is 0.404 e. The smallest absolute Gasteiger partial charge is 0.131 e. The number of fused-ring (bicyclic) bond motifs is 3. The Balaban J connectivity index is 1.89. The predicted octanol–water partition coefficient (Wildman–Crippen LogP) is 4.41. The van der Waals surface area contributed by atoms with Gasteiger partial charge in [0.05, 0.1) is 29.9 Å². The SMILES string of the molecule is CC(C=NCc1nc2cnc3ccc(Cl)cc3c2n1C1CCO[C@H](C)C1)=CN. The molecule has 0 radical (unpaired) electrons. The number of aliphatic imine (C=N–C) groups is 1. The van der Waals surface area contributed by atoms with Gasteiger partial charge in [-0.1, -0.05) is 11.6 Å². The summed E-state index contributed by atoms with van der Waals surface area (Å²) in [6.07, 6.45) is 7.26. The highest BCUT2D eigenvalue weighted by Gasteiger charge is 2.26. The molecule has 1 saturated heterocycles. The Morgan fingerprint density at radius 1 is 1.43 bits per heavy atom. The van der Waals surface area contributed by atoms with Crippen molar-refractivity contribution in [3.63, 3.8) is 0 Å². The molecule has 1 aromatic carbocycles. The van der Waals surface area contributed by atoms with E-state index in [0.717, 1.165) is 52.8 Å². The lowest BCUT2D eigenvalue weighted by Crippen LogP contribution is -2.26. The average Bonchev–Trinajstić information content (AvgIpc) is 3.06. The first-order chi connectivity index (χ1) is 13.6. The predicted molar refractivity (Wildman–Crippen MR) is 114 cm³/mol. The Labute approximate surface area is 169 Å². The van der Waals surface area contributed by atoms with E-state index in [1.807, 2.05) is 31.3 Å². The van der Waals surface area contributed by atoms with Crippen LogP contribution in [0.4, 0.5) is 0 Å². The van der Waals surface area contributed by atoms with E-state index in [4.69, 9.17) is 27.1 Å². The van der Waals surface area contributed by atoms with Gasteiger partial charge in [-0.05, 0) is 56.7 Å². The van der Waals surface area contributed by atoms with E-state index < -0.39 is 0 Å². The number of nitrogens with two attached hydrogens (primary N) is 1. The van der Waals surface area contributed by atoms with Gasteiger partial charge in [-0.3, -0.25) is 9.98 Å². The standard InChI is InChI=1S/C21H24ClN5O/c1-13(9-23)10-24-12-20-26-19-11-25-18-4-3-15(22)8-17(18)21(19)27(20)16-5-6-28-14(2)7-16/h3-4,8-11,14,16H,5-7,12,23H2,1-2H3/t14-,16?/m1/s1. The first-order valence-corrected chi connectivity index (χ1v) is 9.89. The van der Waals surface area contributed by atoms with Crippen LogP contribution in [0.3, 0.4) is 0 Å². The number of rotatable bonds is 4. The normalized spacial score (nSPS) is 21.2. The highest BCUT2D eigenvalue weighted by molar-refractivity contribution is 6.31. The molecule has 146 valence electrons. The Hall–Kier alpha value is -2.44. The van der Waals surface area contributed by atoms with Crippen LogP contribution in [-0.2, 0) is 11.3 Å². The summed E-state index contributed by atoms with van der Waals surface area (Å²) in [6.45, 7) is 5.27. The quantitative estimate of drug-likeness (QED) is 0.661. The number of hydrogen-bond acceptors (Lipinski definition) is 5. The van der Waals surface area contributed by atoms with Gasteiger partial charge < -0.3 is 15.0 Å². The molecule has 6 nitrogen and oxygen atoms in total. The fourth-order valence-corrected chi connectivity index (χ4v) is 4.00. The van der Waals surface area contributed by atoms with Gasteiger partial charge in [0.2, 0.25) is 0 Å². The van der Waals surface area contributed by atoms with Gasteiger partial charge in [-0.15, -0.1) is 0 Å². The molecule has 2 atom stereocenters. The van der Waals surface area contributed by atoms with Crippen molar-refractivity contribution in [3.8, 4) is 0 Å². The molecule has 0 bridgehead atoms. The van der Waals surface area contributed by atoms with E-state index in [-0.39, 0.29) is 6.10 Å². The fraction of sp³-hybridized carbons (Fsp3) is 0.381. The second kappa shape index (κ2) is 7.89. The molecule has 1 fully saturated rings. The maximum atomic E-state index is 6.30. The van der Waals surface area contributed by atoms with Gasteiger partial charge in [0.15, 0.2) is 0 Å². The number of benzene rings is 1. The molecular formula is C21H24ClN5O. The second-order valence-electron chi connectivity index (χ2n) is 7.29. The zero-order chi connectivity index (χ0) is 19.7. The summed E-state index contributed by atoms with van der Waals surface area (Å²) >= 11 is 6.30. The van der Waals surface area contributed by atoms with Gasteiger partial charge in [0, 0.05) is 29.3 Å². The van der Waals surface area contributed by atoms with E-state index in [9.17, 15) is 0 Å². The lowest BCUT2D eigenvalue weighted by atomic mass is 10.0. The molecule has 1 unspecified atom stereocenters. The molecule has 0 amide bonds. The number of hydrogen-bond donors (Lipinski definition) is 1. The molecule has 2 N–H and O–H groups in total. The fourth-order valence-electron chi connectivity index (χ4n) is 3.83. The summed E-state index contributed by atoms with van der Waals surface area (Å²) in [5.41, 5.74) is 9.31. The van der Waals surface area contributed by atoms with Crippen LogP contribution in [0.15, 0.2) is 41.2 Å². The molecule has 1 aliphatic rings. The molecule has 0 spiro atoms. The molecule has 1 aliphatic heterocycles. The molecule has 4 rings (SSSR count). The molecule has 28 heavy (non-hydrogen) atoms. The number of imidazole rings is 1.